The highest BCUT2D eigenvalue weighted by Crippen LogP contribution is 2.32. The van der Waals surface area contributed by atoms with Gasteiger partial charge < -0.3 is 14.8 Å². The molecule has 0 fully saturated rings. The Morgan fingerprint density at radius 2 is 1.44 bits per heavy atom. The van der Waals surface area contributed by atoms with E-state index in [4.69, 9.17) is 9.47 Å². The molecule has 178 valence electrons. The number of anilines is 2. The molecule has 0 spiro atoms. The van der Waals surface area contributed by atoms with Crippen molar-refractivity contribution >= 4 is 45.8 Å². The van der Waals surface area contributed by atoms with Crippen molar-refractivity contribution in [1.29, 1.82) is 0 Å². The Balaban J connectivity index is 1.28. The van der Waals surface area contributed by atoms with Crippen molar-refractivity contribution in [3.8, 4) is 5.75 Å². The van der Waals surface area contributed by atoms with Crippen LogP contribution in [-0.4, -0.2) is 37.4 Å². The number of benzene rings is 4. The average Bonchev–Trinajstić information content (AvgIpc) is 2.91. The van der Waals surface area contributed by atoms with E-state index in [1.54, 1.807) is 48.5 Å². The van der Waals surface area contributed by atoms with Gasteiger partial charge in [0.25, 0.3) is 17.7 Å². The number of nitrogens with one attached hydrogen (secondary N) is 1. The summed E-state index contributed by atoms with van der Waals surface area (Å²) in [5.41, 5.74) is 1.82. The second kappa shape index (κ2) is 9.34. The van der Waals surface area contributed by atoms with Crippen LogP contribution in [0.2, 0.25) is 0 Å². The van der Waals surface area contributed by atoms with Crippen molar-refractivity contribution in [1.82, 2.24) is 0 Å². The quantitative estimate of drug-likeness (QED) is 0.323. The third kappa shape index (κ3) is 4.05. The lowest BCUT2D eigenvalue weighted by Gasteiger charge is -2.27. The molecule has 5 rings (SSSR count). The predicted octanol–water partition coefficient (Wildman–Crippen LogP) is 4.44. The maximum Gasteiger partial charge on any atom is 0.338 e. The number of methoxy groups -OCH3 is 1. The summed E-state index contributed by atoms with van der Waals surface area (Å²) in [4.78, 5) is 52.1. The Labute approximate surface area is 206 Å². The zero-order valence-corrected chi connectivity index (χ0v) is 19.2. The number of ether oxygens (including phenoxy) is 2. The first kappa shape index (κ1) is 22.8. The molecule has 0 aliphatic carbocycles. The van der Waals surface area contributed by atoms with Crippen molar-refractivity contribution in [3.05, 3.63) is 102 Å². The number of amides is 3. The maximum atomic E-state index is 13.2. The molecule has 8 heteroatoms. The van der Waals surface area contributed by atoms with E-state index in [1.807, 2.05) is 12.1 Å². The zero-order valence-electron chi connectivity index (χ0n) is 19.2. The summed E-state index contributed by atoms with van der Waals surface area (Å²) in [7, 11) is 1.48. The lowest BCUT2D eigenvalue weighted by Crippen LogP contribution is -2.40. The van der Waals surface area contributed by atoms with E-state index in [0.717, 1.165) is 10.3 Å². The second-order valence-corrected chi connectivity index (χ2v) is 8.03. The molecule has 36 heavy (non-hydrogen) atoms. The van der Waals surface area contributed by atoms with Crippen LogP contribution in [0.15, 0.2) is 84.9 Å². The molecule has 4 aromatic carbocycles. The number of hydrogen-bond donors (Lipinski definition) is 1. The van der Waals surface area contributed by atoms with Crippen LogP contribution in [-0.2, 0) is 9.53 Å². The smallest absolute Gasteiger partial charge is 0.338 e. The largest absolute Gasteiger partial charge is 0.495 e. The van der Waals surface area contributed by atoms with E-state index >= 15 is 0 Å². The number of esters is 1. The van der Waals surface area contributed by atoms with E-state index in [2.05, 4.69) is 5.32 Å². The van der Waals surface area contributed by atoms with Crippen LogP contribution < -0.4 is 15.0 Å². The highest BCUT2D eigenvalue weighted by atomic mass is 16.5. The van der Waals surface area contributed by atoms with E-state index in [1.165, 1.54) is 31.4 Å². The fourth-order valence-corrected chi connectivity index (χ4v) is 4.16. The molecule has 0 radical (unpaired) electrons. The molecule has 1 aliphatic rings. The Kier molecular flexibility index (Phi) is 5.92. The van der Waals surface area contributed by atoms with Gasteiger partial charge in [0.1, 0.15) is 5.75 Å². The van der Waals surface area contributed by atoms with Gasteiger partial charge in [-0.2, -0.15) is 0 Å². The van der Waals surface area contributed by atoms with Gasteiger partial charge in [0.05, 0.1) is 24.0 Å². The zero-order chi connectivity index (χ0) is 25.2. The minimum absolute atomic E-state index is 0.170. The van der Waals surface area contributed by atoms with Gasteiger partial charge in [-0.1, -0.05) is 36.4 Å². The molecule has 0 saturated carbocycles. The molecule has 0 aromatic heterocycles. The van der Waals surface area contributed by atoms with E-state index in [9.17, 15) is 19.2 Å². The topological polar surface area (TPSA) is 102 Å². The van der Waals surface area contributed by atoms with Crippen LogP contribution in [0.5, 0.6) is 5.75 Å². The van der Waals surface area contributed by atoms with Crippen molar-refractivity contribution in [3.63, 3.8) is 0 Å². The van der Waals surface area contributed by atoms with Gasteiger partial charge >= 0.3 is 5.97 Å². The van der Waals surface area contributed by atoms with Crippen LogP contribution in [0.25, 0.3) is 10.8 Å². The monoisotopic (exact) mass is 480 g/mol. The van der Waals surface area contributed by atoms with Gasteiger partial charge in [0.2, 0.25) is 0 Å². The van der Waals surface area contributed by atoms with E-state index in [0.29, 0.717) is 33.6 Å². The molecule has 8 nitrogen and oxygen atoms in total. The molecular weight excluding hydrogens is 460 g/mol. The standard InChI is InChI=1S/C28H20N2O6/c1-35-23-11-3-2-10-22(23)29-24(31)16-36-28(34)18-12-14-19(15-13-18)30-26(32)20-8-4-6-17-7-5-9-21(25(17)20)27(30)33/h2-15H,16H2,1H3,(H,29,31). The number of nitrogens with zero attached hydrogens (tertiary/aromatic N) is 1. The molecule has 0 saturated heterocycles. The lowest BCUT2D eigenvalue weighted by atomic mass is 9.94. The first-order chi connectivity index (χ1) is 17.5. The third-order valence-corrected chi connectivity index (χ3v) is 5.85. The summed E-state index contributed by atoms with van der Waals surface area (Å²) in [6.45, 7) is -0.497. The minimum Gasteiger partial charge on any atom is -0.495 e. The van der Waals surface area contributed by atoms with Gasteiger partial charge in [0.15, 0.2) is 6.61 Å². The summed E-state index contributed by atoms with van der Waals surface area (Å²) >= 11 is 0. The highest BCUT2D eigenvalue weighted by Gasteiger charge is 2.33. The van der Waals surface area contributed by atoms with Crippen LogP contribution >= 0.6 is 0 Å². The van der Waals surface area contributed by atoms with Crippen LogP contribution in [0.3, 0.4) is 0 Å². The molecule has 1 N–H and O–H groups in total. The van der Waals surface area contributed by atoms with Gasteiger partial charge in [-0.3, -0.25) is 14.4 Å². The number of carbonyl (C=O) groups excluding carboxylic acids is 4. The van der Waals surface area contributed by atoms with Gasteiger partial charge in [-0.15, -0.1) is 0 Å². The third-order valence-electron chi connectivity index (χ3n) is 5.85. The molecule has 1 heterocycles. The van der Waals surface area contributed by atoms with Crippen molar-refractivity contribution in [2.75, 3.05) is 23.9 Å². The molecule has 1 aliphatic heterocycles. The molecule has 0 atom stereocenters. The molecule has 3 amide bonds. The predicted molar refractivity (Wildman–Crippen MR) is 133 cm³/mol. The summed E-state index contributed by atoms with van der Waals surface area (Å²) in [5, 5.41) is 4.08. The fraction of sp³-hybridized carbons (Fsp3) is 0.0714. The Hall–Kier alpha value is -4.98. The van der Waals surface area contributed by atoms with Crippen LogP contribution in [0, 0.1) is 0 Å². The number of imide groups is 1. The average molecular weight is 480 g/mol. The number of rotatable bonds is 6. The molecule has 0 bridgehead atoms. The summed E-state index contributed by atoms with van der Waals surface area (Å²) in [6, 6.07) is 23.4. The number of carbonyl (C=O) groups is 4. The summed E-state index contributed by atoms with van der Waals surface area (Å²) < 4.78 is 10.3. The highest BCUT2D eigenvalue weighted by molar-refractivity contribution is 6.35. The van der Waals surface area contributed by atoms with Crippen molar-refractivity contribution in [2.45, 2.75) is 0 Å². The van der Waals surface area contributed by atoms with Crippen LogP contribution in [0.1, 0.15) is 31.1 Å². The first-order valence-corrected chi connectivity index (χ1v) is 11.1. The number of hydrogen-bond acceptors (Lipinski definition) is 6. The normalized spacial score (nSPS) is 12.4. The van der Waals surface area contributed by atoms with Crippen molar-refractivity contribution in [2.24, 2.45) is 0 Å². The van der Waals surface area contributed by atoms with Gasteiger partial charge in [0, 0.05) is 16.5 Å². The lowest BCUT2D eigenvalue weighted by molar-refractivity contribution is -0.119. The first-order valence-electron chi connectivity index (χ1n) is 11.1. The minimum atomic E-state index is -0.719. The van der Waals surface area contributed by atoms with Crippen molar-refractivity contribution < 1.29 is 28.7 Å². The molecule has 0 unspecified atom stereocenters. The molecular formula is C28H20N2O6. The number of para-hydroxylation sites is 2. The second-order valence-electron chi connectivity index (χ2n) is 8.03. The van der Waals surface area contributed by atoms with E-state index < -0.39 is 30.3 Å². The Morgan fingerprint density at radius 1 is 0.806 bits per heavy atom. The molecule has 4 aromatic rings. The maximum absolute atomic E-state index is 13.2. The Morgan fingerprint density at radius 3 is 2.08 bits per heavy atom. The summed E-state index contributed by atoms with van der Waals surface area (Å²) in [5.74, 6) is -1.64. The van der Waals surface area contributed by atoms with E-state index in [-0.39, 0.29) is 5.56 Å². The van der Waals surface area contributed by atoms with Gasteiger partial charge in [-0.25, -0.2) is 9.69 Å². The van der Waals surface area contributed by atoms with Gasteiger partial charge in [-0.05, 0) is 53.9 Å². The summed E-state index contributed by atoms with van der Waals surface area (Å²) in [6.07, 6.45) is 0. The van der Waals surface area contributed by atoms with Crippen LogP contribution in [0.4, 0.5) is 11.4 Å². The Bertz CT molecular complexity index is 1480. The SMILES string of the molecule is COc1ccccc1NC(=O)COC(=O)c1ccc(N2C(=O)c3cccc4cccc(c34)C2=O)cc1. The fourth-order valence-electron chi connectivity index (χ4n) is 4.16.